The zero-order valence-corrected chi connectivity index (χ0v) is 10.2. The summed E-state index contributed by atoms with van der Waals surface area (Å²) in [5, 5.41) is 0. The molecule has 0 aliphatic rings. The lowest BCUT2D eigenvalue weighted by Gasteiger charge is -2.06. The molecule has 0 saturated carbocycles. The zero-order chi connectivity index (χ0) is 12.1. The van der Waals surface area contributed by atoms with Gasteiger partial charge in [-0.1, -0.05) is 35.9 Å². The first-order valence-corrected chi connectivity index (χ1v) is 5.39. The summed E-state index contributed by atoms with van der Waals surface area (Å²) >= 11 is 0. The fourth-order valence-electron chi connectivity index (χ4n) is 1.60. The Morgan fingerprint density at radius 2 is 1.81 bits per heavy atom. The van der Waals surface area contributed by atoms with Crippen LogP contribution in [0.1, 0.15) is 23.6 Å². The van der Waals surface area contributed by atoms with Crippen molar-refractivity contribution in [3.63, 3.8) is 0 Å². The van der Waals surface area contributed by atoms with Crippen LogP contribution < -0.4 is 0 Å². The number of carbonyl (C=O) groups excluding carboxylic acids is 1. The molecule has 2 heteroatoms. The molecule has 0 radical (unpaired) electrons. The maximum Gasteiger partial charge on any atom is 0.333 e. The number of hydrogen-bond donors (Lipinski definition) is 0. The molecule has 0 saturated heterocycles. The Kier molecular flexibility index (Phi) is 4.29. The minimum Gasteiger partial charge on any atom is -0.462 e. The third-order valence-electron chi connectivity index (χ3n) is 2.25. The highest BCUT2D eigenvalue weighted by Gasteiger charge is 2.03. The second-order valence-electron chi connectivity index (χ2n) is 4.16. The van der Waals surface area contributed by atoms with Crippen molar-refractivity contribution in [2.45, 2.75) is 27.2 Å². The van der Waals surface area contributed by atoms with E-state index < -0.39 is 0 Å². The molecule has 0 heterocycles. The van der Waals surface area contributed by atoms with E-state index in [9.17, 15) is 4.79 Å². The van der Waals surface area contributed by atoms with Gasteiger partial charge in [0.25, 0.3) is 0 Å². The number of rotatable bonds is 4. The molecule has 0 aliphatic heterocycles. The molecule has 0 aromatic heterocycles. The Balaban J connectivity index is 2.49. The molecular formula is C14H18O2. The maximum absolute atomic E-state index is 11.1. The molecule has 0 unspecified atom stereocenters. The largest absolute Gasteiger partial charge is 0.462 e. The summed E-state index contributed by atoms with van der Waals surface area (Å²) in [5.74, 6) is -0.315. The van der Waals surface area contributed by atoms with E-state index in [4.69, 9.17) is 4.74 Å². The molecular weight excluding hydrogens is 200 g/mol. The van der Waals surface area contributed by atoms with Crippen molar-refractivity contribution in [1.82, 2.24) is 0 Å². The monoisotopic (exact) mass is 218 g/mol. The van der Waals surface area contributed by atoms with Crippen molar-refractivity contribution in [2.24, 2.45) is 0 Å². The van der Waals surface area contributed by atoms with Gasteiger partial charge in [0.2, 0.25) is 0 Å². The quantitative estimate of drug-likeness (QED) is 0.573. The number of ether oxygens (including phenoxy) is 1. The van der Waals surface area contributed by atoms with Crippen molar-refractivity contribution in [1.29, 1.82) is 0 Å². The molecule has 2 nitrogen and oxygen atoms in total. The van der Waals surface area contributed by atoms with Crippen LogP contribution in [0.5, 0.6) is 0 Å². The Morgan fingerprint density at radius 1 is 1.25 bits per heavy atom. The molecule has 16 heavy (non-hydrogen) atoms. The molecule has 0 aliphatic carbocycles. The first-order chi connectivity index (χ1) is 7.49. The Hall–Kier alpha value is -1.57. The van der Waals surface area contributed by atoms with Gasteiger partial charge in [-0.15, -0.1) is 0 Å². The minimum absolute atomic E-state index is 0.315. The van der Waals surface area contributed by atoms with E-state index in [2.05, 4.69) is 38.6 Å². The summed E-state index contributed by atoms with van der Waals surface area (Å²) in [6, 6.07) is 6.35. The fraction of sp³-hybridized carbons (Fsp3) is 0.357. The molecule has 0 bridgehead atoms. The first kappa shape index (κ1) is 12.5. The standard InChI is InChI=1S/C14H18O2/c1-10(2)14(15)16-6-5-13-8-11(3)7-12(4)9-13/h7-9H,1,5-6H2,2-4H3. The summed E-state index contributed by atoms with van der Waals surface area (Å²) in [7, 11) is 0. The van der Waals surface area contributed by atoms with Crippen LogP contribution in [-0.2, 0) is 16.0 Å². The molecule has 0 fully saturated rings. The van der Waals surface area contributed by atoms with E-state index in [1.54, 1.807) is 6.92 Å². The van der Waals surface area contributed by atoms with Gasteiger partial charge in [-0.25, -0.2) is 4.79 Å². The highest BCUT2D eigenvalue weighted by atomic mass is 16.5. The van der Waals surface area contributed by atoms with E-state index in [1.807, 2.05) is 0 Å². The molecule has 0 amide bonds. The first-order valence-electron chi connectivity index (χ1n) is 5.39. The van der Waals surface area contributed by atoms with Gasteiger partial charge >= 0.3 is 5.97 Å². The number of benzene rings is 1. The van der Waals surface area contributed by atoms with Crippen molar-refractivity contribution in [3.8, 4) is 0 Å². The van der Waals surface area contributed by atoms with Crippen molar-refractivity contribution < 1.29 is 9.53 Å². The third-order valence-corrected chi connectivity index (χ3v) is 2.25. The molecule has 0 spiro atoms. The van der Waals surface area contributed by atoms with Gasteiger partial charge in [0, 0.05) is 12.0 Å². The summed E-state index contributed by atoms with van der Waals surface area (Å²) < 4.78 is 5.05. The van der Waals surface area contributed by atoms with Gasteiger partial charge in [0.05, 0.1) is 6.61 Å². The Morgan fingerprint density at radius 3 is 2.31 bits per heavy atom. The second kappa shape index (κ2) is 5.50. The van der Waals surface area contributed by atoms with E-state index >= 15 is 0 Å². The van der Waals surface area contributed by atoms with Gasteiger partial charge < -0.3 is 4.74 Å². The number of aryl methyl sites for hydroxylation is 2. The lowest BCUT2D eigenvalue weighted by atomic mass is 10.1. The van der Waals surface area contributed by atoms with Crippen LogP contribution in [0.3, 0.4) is 0 Å². The van der Waals surface area contributed by atoms with Crippen LogP contribution in [0, 0.1) is 13.8 Å². The summed E-state index contributed by atoms with van der Waals surface area (Å²) in [6.45, 7) is 9.73. The third kappa shape index (κ3) is 3.89. The second-order valence-corrected chi connectivity index (χ2v) is 4.16. The zero-order valence-electron chi connectivity index (χ0n) is 10.2. The van der Waals surface area contributed by atoms with Gasteiger partial charge in [-0.05, 0) is 26.3 Å². The Bertz CT molecular complexity index is 385. The van der Waals surface area contributed by atoms with Crippen LogP contribution in [0.15, 0.2) is 30.4 Å². The lowest BCUT2D eigenvalue weighted by molar-refractivity contribution is -0.138. The average Bonchev–Trinajstić information content (AvgIpc) is 2.15. The lowest BCUT2D eigenvalue weighted by Crippen LogP contribution is -2.08. The predicted molar refractivity (Wildman–Crippen MR) is 65.4 cm³/mol. The van der Waals surface area contributed by atoms with Crippen molar-refractivity contribution in [2.75, 3.05) is 6.61 Å². The fourth-order valence-corrected chi connectivity index (χ4v) is 1.60. The number of hydrogen-bond acceptors (Lipinski definition) is 2. The molecule has 0 atom stereocenters. The van der Waals surface area contributed by atoms with E-state index in [0.717, 1.165) is 6.42 Å². The van der Waals surface area contributed by atoms with Crippen LogP contribution in [0.4, 0.5) is 0 Å². The molecule has 1 aromatic carbocycles. The van der Waals surface area contributed by atoms with Crippen LogP contribution in [0.2, 0.25) is 0 Å². The minimum atomic E-state index is -0.315. The van der Waals surface area contributed by atoms with Crippen LogP contribution in [-0.4, -0.2) is 12.6 Å². The molecule has 1 rings (SSSR count). The van der Waals surface area contributed by atoms with Crippen LogP contribution >= 0.6 is 0 Å². The summed E-state index contributed by atoms with van der Waals surface area (Å²) in [6.07, 6.45) is 0.752. The van der Waals surface area contributed by atoms with Gasteiger partial charge in [0.1, 0.15) is 0 Å². The highest BCUT2D eigenvalue weighted by Crippen LogP contribution is 2.09. The molecule has 0 N–H and O–H groups in total. The average molecular weight is 218 g/mol. The molecule has 1 aromatic rings. The van der Waals surface area contributed by atoms with Gasteiger partial charge in [-0.2, -0.15) is 0 Å². The van der Waals surface area contributed by atoms with Crippen molar-refractivity contribution >= 4 is 5.97 Å². The normalized spacial score (nSPS) is 9.94. The SMILES string of the molecule is C=C(C)C(=O)OCCc1cc(C)cc(C)c1. The van der Waals surface area contributed by atoms with E-state index in [-0.39, 0.29) is 5.97 Å². The summed E-state index contributed by atoms with van der Waals surface area (Å²) in [4.78, 5) is 11.1. The maximum atomic E-state index is 11.1. The highest BCUT2D eigenvalue weighted by molar-refractivity contribution is 5.86. The van der Waals surface area contributed by atoms with Gasteiger partial charge in [0.15, 0.2) is 0 Å². The van der Waals surface area contributed by atoms with Crippen molar-refractivity contribution in [3.05, 3.63) is 47.0 Å². The predicted octanol–water partition coefficient (Wildman–Crippen LogP) is 2.97. The van der Waals surface area contributed by atoms with Gasteiger partial charge in [-0.3, -0.25) is 0 Å². The van der Waals surface area contributed by atoms with E-state index in [0.29, 0.717) is 12.2 Å². The Labute approximate surface area is 96.9 Å². The smallest absolute Gasteiger partial charge is 0.333 e. The van der Waals surface area contributed by atoms with Crippen LogP contribution in [0.25, 0.3) is 0 Å². The van der Waals surface area contributed by atoms with E-state index in [1.165, 1.54) is 16.7 Å². The summed E-state index contributed by atoms with van der Waals surface area (Å²) in [5.41, 5.74) is 4.12. The number of carbonyl (C=O) groups is 1. The number of esters is 1. The molecule has 86 valence electrons. The topological polar surface area (TPSA) is 26.3 Å².